The van der Waals surface area contributed by atoms with Crippen molar-refractivity contribution in [3.8, 4) is 5.75 Å². The summed E-state index contributed by atoms with van der Waals surface area (Å²) < 4.78 is 5.24. The maximum atomic E-state index is 5.68. The highest BCUT2D eigenvalue weighted by molar-refractivity contribution is 5.87. The molecule has 19 heavy (non-hydrogen) atoms. The van der Waals surface area contributed by atoms with Crippen molar-refractivity contribution in [2.75, 3.05) is 32.1 Å². The van der Waals surface area contributed by atoms with E-state index in [0.29, 0.717) is 5.92 Å². The van der Waals surface area contributed by atoms with E-state index in [1.807, 2.05) is 6.07 Å². The van der Waals surface area contributed by atoms with E-state index >= 15 is 0 Å². The molecule has 0 saturated heterocycles. The van der Waals surface area contributed by atoms with Gasteiger partial charge in [0.05, 0.1) is 7.11 Å². The summed E-state index contributed by atoms with van der Waals surface area (Å²) in [4.78, 5) is 2.25. The van der Waals surface area contributed by atoms with Crippen LogP contribution in [0.1, 0.15) is 6.92 Å². The molecule has 0 fully saturated rings. The zero-order chi connectivity index (χ0) is 13.8. The Morgan fingerprint density at radius 2 is 1.84 bits per heavy atom. The van der Waals surface area contributed by atoms with Gasteiger partial charge in [-0.1, -0.05) is 19.1 Å². The Hall–Kier alpha value is -1.74. The van der Waals surface area contributed by atoms with Crippen LogP contribution in [0.5, 0.6) is 5.75 Å². The van der Waals surface area contributed by atoms with Crippen LogP contribution in [0.25, 0.3) is 10.8 Å². The number of hydrogen-bond acceptors (Lipinski definition) is 3. The molecule has 0 bridgehead atoms. The number of anilines is 1. The molecule has 102 valence electrons. The lowest BCUT2D eigenvalue weighted by Gasteiger charge is -2.23. The lowest BCUT2D eigenvalue weighted by Crippen LogP contribution is -2.28. The molecule has 0 saturated carbocycles. The molecule has 0 aliphatic heterocycles. The van der Waals surface area contributed by atoms with Crippen LogP contribution in [0.4, 0.5) is 5.69 Å². The van der Waals surface area contributed by atoms with Gasteiger partial charge in [0.1, 0.15) is 5.75 Å². The van der Waals surface area contributed by atoms with Gasteiger partial charge in [0.25, 0.3) is 0 Å². The van der Waals surface area contributed by atoms with E-state index in [0.717, 1.165) is 18.8 Å². The van der Waals surface area contributed by atoms with Gasteiger partial charge in [0.2, 0.25) is 0 Å². The molecule has 2 aromatic rings. The van der Waals surface area contributed by atoms with Crippen molar-refractivity contribution in [1.82, 2.24) is 0 Å². The van der Waals surface area contributed by atoms with Crippen molar-refractivity contribution < 1.29 is 4.74 Å². The van der Waals surface area contributed by atoms with Crippen molar-refractivity contribution in [1.29, 1.82) is 0 Å². The van der Waals surface area contributed by atoms with Crippen LogP contribution >= 0.6 is 0 Å². The fourth-order valence-corrected chi connectivity index (χ4v) is 2.22. The molecule has 0 amide bonds. The predicted molar refractivity (Wildman–Crippen MR) is 82.0 cm³/mol. The average Bonchev–Trinajstić information content (AvgIpc) is 2.45. The van der Waals surface area contributed by atoms with Gasteiger partial charge in [-0.3, -0.25) is 0 Å². The summed E-state index contributed by atoms with van der Waals surface area (Å²) in [6.07, 6.45) is 0. The first-order valence-corrected chi connectivity index (χ1v) is 6.63. The van der Waals surface area contributed by atoms with Crippen LogP contribution in [0.15, 0.2) is 36.4 Å². The van der Waals surface area contributed by atoms with Gasteiger partial charge in [0.15, 0.2) is 0 Å². The molecule has 2 rings (SSSR count). The second-order valence-corrected chi connectivity index (χ2v) is 5.12. The number of hydrogen-bond donors (Lipinski definition) is 1. The van der Waals surface area contributed by atoms with Gasteiger partial charge in [0, 0.05) is 19.3 Å². The molecule has 2 N–H and O–H groups in total. The highest BCUT2D eigenvalue weighted by Gasteiger charge is 2.06. The molecule has 1 atom stereocenters. The van der Waals surface area contributed by atoms with E-state index in [1.165, 1.54) is 16.5 Å². The fraction of sp³-hybridized carbons (Fsp3) is 0.375. The maximum Gasteiger partial charge on any atom is 0.119 e. The largest absolute Gasteiger partial charge is 0.497 e. The van der Waals surface area contributed by atoms with E-state index in [4.69, 9.17) is 10.5 Å². The summed E-state index contributed by atoms with van der Waals surface area (Å²) in [5.41, 5.74) is 6.90. The van der Waals surface area contributed by atoms with E-state index in [9.17, 15) is 0 Å². The molecule has 3 nitrogen and oxygen atoms in total. The van der Waals surface area contributed by atoms with Gasteiger partial charge < -0.3 is 15.4 Å². The average molecular weight is 258 g/mol. The number of fused-ring (bicyclic) bond motifs is 1. The Balaban J connectivity index is 2.26. The molecule has 0 aromatic heterocycles. The summed E-state index contributed by atoms with van der Waals surface area (Å²) in [5, 5.41) is 2.42. The molecule has 2 aromatic carbocycles. The molecule has 3 heteroatoms. The molecule has 0 heterocycles. The third-order valence-corrected chi connectivity index (χ3v) is 3.46. The van der Waals surface area contributed by atoms with Gasteiger partial charge in [-0.25, -0.2) is 0 Å². The van der Waals surface area contributed by atoms with Gasteiger partial charge in [-0.15, -0.1) is 0 Å². The minimum absolute atomic E-state index is 0.497. The standard InChI is InChI=1S/C16H22N2O/c1-12(10-17)11-18(2)15-6-4-14-9-16(19-3)7-5-13(14)8-15/h4-9,12H,10-11,17H2,1-3H3. The zero-order valence-corrected chi connectivity index (χ0v) is 11.9. The summed E-state index contributed by atoms with van der Waals surface area (Å²) in [6, 6.07) is 12.6. The third kappa shape index (κ3) is 3.18. The Labute approximate surface area is 115 Å². The highest BCUT2D eigenvalue weighted by atomic mass is 16.5. The number of nitrogens with zero attached hydrogens (tertiary/aromatic N) is 1. The molecule has 0 radical (unpaired) electrons. The quantitative estimate of drug-likeness (QED) is 0.896. The van der Waals surface area contributed by atoms with Crippen molar-refractivity contribution in [3.63, 3.8) is 0 Å². The first-order chi connectivity index (χ1) is 9.13. The number of ether oxygens (including phenoxy) is 1. The van der Waals surface area contributed by atoms with Crippen molar-refractivity contribution in [2.24, 2.45) is 11.7 Å². The molecule has 1 unspecified atom stereocenters. The van der Waals surface area contributed by atoms with Crippen molar-refractivity contribution >= 4 is 16.5 Å². The molecular weight excluding hydrogens is 236 g/mol. The second-order valence-electron chi connectivity index (χ2n) is 5.12. The fourth-order valence-electron chi connectivity index (χ4n) is 2.22. The smallest absolute Gasteiger partial charge is 0.119 e. The van der Waals surface area contributed by atoms with Crippen molar-refractivity contribution in [2.45, 2.75) is 6.92 Å². The normalized spacial score (nSPS) is 12.4. The van der Waals surface area contributed by atoms with E-state index < -0.39 is 0 Å². The number of benzene rings is 2. The van der Waals surface area contributed by atoms with Gasteiger partial charge >= 0.3 is 0 Å². The van der Waals surface area contributed by atoms with E-state index in [-0.39, 0.29) is 0 Å². The lowest BCUT2D eigenvalue weighted by atomic mass is 10.1. The van der Waals surface area contributed by atoms with Crippen LogP contribution < -0.4 is 15.4 Å². The van der Waals surface area contributed by atoms with Gasteiger partial charge in [-0.2, -0.15) is 0 Å². The Morgan fingerprint density at radius 3 is 2.53 bits per heavy atom. The van der Waals surface area contributed by atoms with Crippen molar-refractivity contribution in [3.05, 3.63) is 36.4 Å². The number of nitrogens with two attached hydrogens (primary N) is 1. The Kier molecular flexibility index (Phi) is 4.27. The number of rotatable bonds is 5. The second kappa shape index (κ2) is 5.93. The summed E-state index contributed by atoms with van der Waals surface area (Å²) in [5.74, 6) is 1.39. The minimum Gasteiger partial charge on any atom is -0.497 e. The highest BCUT2D eigenvalue weighted by Crippen LogP contribution is 2.25. The van der Waals surface area contributed by atoms with E-state index in [2.05, 4.69) is 49.2 Å². The predicted octanol–water partition coefficient (Wildman–Crippen LogP) is 2.88. The van der Waals surface area contributed by atoms with Gasteiger partial charge in [-0.05, 0) is 47.5 Å². The van der Waals surface area contributed by atoms with Crippen LogP contribution in [-0.4, -0.2) is 27.2 Å². The van der Waals surface area contributed by atoms with E-state index in [1.54, 1.807) is 7.11 Å². The topological polar surface area (TPSA) is 38.5 Å². The first kappa shape index (κ1) is 13.7. The third-order valence-electron chi connectivity index (χ3n) is 3.46. The Bertz CT molecular complexity index is 553. The lowest BCUT2D eigenvalue weighted by molar-refractivity contribution is 0.415. The van der Waals surface area contributed by atoms with Crippen LogP contribution in [0.3, 0.4) is 0 Å². The maximum absolute atomic E-state index is 5.68. The monoisotopic (exact) mass is 258 g/mol. The first-order valence-electron chi connectivity index (χ1n) is 6.63. The summed E-state index contributed by atoms with van der Waals surface area (Å²) >= 11 is 0. The molecule has 0 aliphatic rings. The molecule has 0 spiro atoms. The zero-order valence-electron chi connectivity index (χ0n) is 11.9. The minimum atomic E-state index is 0.497. The summed E-state index contributed by atoms with van der Waals surface area (Å²) in [6.45, 7) is 3.86. The molecule has 0 aliphatic carbocycles. The Morgan fingerprint density at radius 1 is 1.16 bits per heavy atom. The molecular formula is C16H22N2O. The SMILES string of the molecule is COc1ccc2cc(N(C)CC(C)CN)ccc2c1. The van der Waals surface area contributed by atoms with Crippen LogP contribution in [0.2, 0.25) is 0 Å². The summed E-state index contributed by atoms with van der Waals surface area (Å²) in [7, 11) is 3.80. The van der Waals surface area contributed by atoms with Crippen LogP contribution in [0, 0.1) is 5.92 Å². The number of methoxy groups -OCH3 is 1. The van der Waals surface area contributed by atoms with Crippen LogP contribution in [-0.2, 0) is 0 Å².